The summed E-state index contributed by atoms with van der Waals surface area (Å²) < 4.78 is 0. The van der Waals surface area contributed by atoms with Crippen molar-refractivity contribution in [3.05, 3.63) is 0 Å². The predicted molar refractivity (Wildman–Crippen MR) is 69.8 cm³/mol. The third-order valence-corrected chi connectivity index (χ3v) is 4.43. The number of amides is 1. The molecule has 1 heterocycles. The van der Waals surface area contributed by atoms with Crippen molar-refractivity contribution < 1.29 is 4.79 Å². The van der Waals surface area contributed by atoms with Gasteiger partial charge in [-0.05, 0) is 31.1 Å². The van der Waals surface area contributed by atoms with E-state index in [1.54, 1.807) is 0 Å². The molecule has 1 aliphatic carbocycles. The van der Waals surface area contributed by atoms with Gasteiger partial charge in [-0.2, -0.15) is 0 Å². The lowest BCUT2D eigenvalue weighted by Gasteiger charge is -2.41. The molecule has 3 heteroatoms. The molecule has 0 aromatic carbocycles. The summed E-state index contributed by atoms with van der Waals surface area (Å²) in [7, 11) is 0. The van der Waals surface area contributed by atoms with Gasteiger partial charge in [-0.1, -0.05) is 26.7 Å². The second-order valence-electron chi connectivity index (χ2n) is 6.35. The molecule has 1 aliphatic heterocycles. The van der Waals surface area contributed by atoms with Crippen LogP contribution in [0.5, 0.6) is 0 Å². The molecule has 0 bridgehead atoms. The van der Waals surface area contributed by atoms with Gasteiger partial charge in [0.05, 0.1) is 0 Å². The van der Waals surface area contributed by atoms with E-state index in [0.29, 0.717) is 23.9 Å². The third kappa shape index (κ3) is 3.44. The number of hydrogen-bond donors (Lipinski definition) is 2. The zero-order valence-corrected chi connectivity index (χ0v) is 11.2. The maximum absolute atomic E-state index is 11.5. The predicted octanol–water partition coefficient (Wildman–Crippen LogP) is 2.21. The lowest BCUT2D eigenvalue weighted by molar-refractivity contribution is -0.121. The molecule has 0 aromatic rings. The summed E-state index contributed by atoms with van der Waals surface area (Å²) >= 11 is 0. The van der Waals surface area contributed by atoms with Gasteiger partial charge >= 0.3 is 0 Å². The zero-order valence-electron chi connectivity index (χ0n) is 11.2. The summed E-state index contributed by atoms with van der Waals surface area (Å²) in [5.74, 6) is 0.216. The van der Waals surface area contributed by atoms with E-state index in [4.69, 9.17) is 0 Å². The fourth-order valence-corrected chi connectivity index (χ4v) is 3.20. The maximum atomic E-state index is 11.5. The topological polar surface area (TPSA) is 41.1 Å². The van der Waals surface area contributed by atoms with Gasteiger partial charge in [0.1, 0.15) is 0 Å². The van der Waals surface area contributed by atoms with Crippen LogP contribution in [0.25, 0.3) is 0 Å². The quantitative estimate of drug-likeness (QED) is 0.774. The highest BCUT2D eigenvalue weighted by molar-refractivity contribution is 5.76. The highest BCUT2D eigenvalue weighted by Gasteiger charge is 2.33. The molecule has 2 unspecified atom stereocenters. The third-order valence-electron chi connectivity index (χ3n) is 4.43. The standard InChI is InChI=1S/C14H26N2O/c1-14(2)8-4-3-7-12(14)16-11-6-5-9-15-13(17)10-11/h11-12,16H,3-10H2,1-2H3,(H,15,17). The summed E-state index contributed by atoms with van der Waals surface area (Å²) in [6, 6.07) is 0.979. The van der Waals surface area contributed by atoms with Crippen LogP contribution in [0.4, 0.5) is 0 Å². The fraction of sp³-hybridized carbons (Fsp3) is 0.929. The second-order valence-corrected chi connectivity index (χ2v) is 6.35. The van der Waals surface area contributed by atoms with Crippen LogP contribution in [-0.2, 0) is 4.79 Å². The number of nitrogens with one attached hydrogen (secondary N) is 2. The van der Waals surface area contributed by atoms with E-state index in [0.717, 1.165) is 19.4 Å². The molecule has 1 amide bonds. The zero-order chi connectivity index (χ0) is 12.3. The van der Waals surface area contributed by atoms with E-state index in [2.05, 4.69) is 24.5 Å². The van der Waals surface area contributed by atoms with Gasteiger partial charge in [0.15, 0.2) is 0 Å². The van der Waals surface area contributed by atoms with Crippen molar-refractivity contribution in [3.63, 3.8) is 0 Å². The minimum Gasteiger partial charge on any atom is -0.356 e. The van der Waals surface area contributed by atoms with Gasteiger partial charge in [-0.15, -0.1) is 0 Å². The summed E-state index contributed by atoms with van der Waals surface area (Å²) in [6.07, 6.45) is 8.17. The highest BCUT2D eigenvalue weighted by Crippen LogP contribution is 2.36. The molecule has 98 valence electrons. The lowest BCUT2D eigenvalue weighted by atomic mass is 9.73. The summed E-state index contributed by atoms with van der Waals surface area (Å²) in [6.45, 7) is 5.58. The van der Waals surface area contributed by atoms with E-state index in [9.17, 15) is 4.79 Å². The van der Waals surface area contributed by atoms with Crippen LogP contribution < -0.4 is 10.6 Å². The summed E-state index contributed by atoms with van der Waals surface area (Å²) in [5.41, 5.74) is 0.390. The number of carbonyl (C=O) groups excluding carboxylic acids is 1. The van der Waals surface area contributed by atoms with Gasteiger partial charge in [0.25, 0.3) is 0 Å². The first-order valence-corrected chi connectivity index (χ1v) is 7.11. The molecule has 3 nitrogen and oxygen atoms in total. The minimum atomic E-state index is 0.216. The van der Waals surface area contributed by atoms with E-state index in [1.165, 1.54) is 25.7 Å². The molecule has 2 atom stereocenters. The Morgan fingerprint density at radius 1 is 1.24 bits per heavy atom. The molecule has 2 fully saturated rings. The molecular weight excluding hydrogens is 212 g/mol. The Morgan fingerprint density at radius 3 is 2.82 bits per heavy atom. The van der Waals surface area contributed by atoms with Gasteiger partial charge < -0.3 is 10.6 Å². The summed E-state index contributed by atoms with van der Waals surface area (Å²) in [4.78, 5) is 11.5. The monoisotopic (exact) mass is 238 g/mol. The Hall–Kier alpha value is -0.570. The fourth-order valence-electron chi connectivity index (χ4n) is 3.20. The Morgan fingerprint density at radius 2 is 2.06 bits per heavy atom. The van der Waals surface area contributed by atoms with Crippen molar-refractivity contribution in [2.75, 3.05) is 6.54 Å². The average molecular weight is 238 g/mol. The molecule has 17 heavy (non-hydrogen) atoms. The Labute approximate surface area is 105 Å². The van der Waals surface area contributed by atoms with Crippen molar-refractivity contribution >= 4 is 5.91 Å². The van der Waals surface area contributed by atoms with Crippen molar-refractivity contribution in [3.8, 4) is 0 Å². The molecule has 1 saturated heterocycles. The van der Waals surface area contributed by atoms with Crippen LogP contribution in [0, 0.1) is 5.41 Å². The Bertz CT molecular complexity index is 275. The smallest absolute Gasteiger partial charge is 0.221 e. The van der Waals surface area contributed by atoms with Gasteiger partial charge in [-0.3, -0.25) is 4.79 Å². The van der Waals surface area contributed by atoms with Crippen molar-refractivity contribution in [2.24, 2.45) is 5.41 Å². The van der Waals surface area contributed by atoms with Gasteiger partial charge in [0, 0.05) is 25.0 Å². The van der Waals surface area contributed by atoms with Gasteiger partial charge in [0.2, 0.25) is 5.91 Å². The first kappa shape index (κ1) is 12.9. The molecule has 0 spiro atoms. The largest absolute Gasteiger partial charge is 0.356 e. The van der Waals surface area contributed by atoms with Crippen molar-refractivity contribution in [1.82, 2.24) is 10.6 Å². The van der Waals surface area contributed by atoms with Gasteiger partial charge in [-0.25, -0.2) is 0 Å². The van der Waals surface area contributed by atoms with Crippen molar-refractivity contribution in [2.45, 2.75) is 70.9 Å². The molecule has 0 radical (unpaired) electrons. The van der Waals surface area contributed by atoms with E-state index in [-0.39, 0.29) is 5.91 Å². The maximum Gasteiger partial charge on any atom is 0.221 e. The molecule has 2 N–H and O–H groups in total. The first-order valence-electron chi connectivity index (χ1n) is 7.11. The van der Waals surface area contributed by atoms with Crippen LogP contribution in [0.2, 0.25) is 0 Å². The normalized spacial score (nSPS) is 33.9. The molecular formula is C14H26N2O. The lowest BCUT2D eigenvalue weighted by Crippen LogP contribution is -2.49. The Balaban J connectivity index is 1.92. The average Bonchev–Trinajstić information content (AvgIpc) is 2.46. The first-order chi connectivity index (χ1) is 8.08. The van der Waals surface area contributed by atoms with Crippen LogP contribution in [0.3, 0.4) is 0 Å². The minimum absolute atomic E-state index is 0.216. The van der Waals surface area contributed by atoms with E-state index in [1.807, 2.05) is 0 Å². The molecule has 0 aromatic heterocycles. The van der Waals surface area contributed by atoms with Crippen LogP contribution in [-0.4, -0.2) is 24.5 Å². The number of rotatable bonds is 2. The molecule has 2 aliphatic rings. The van der Waals surface area contributed by atoms with Crippen LogP contribution >= 0.6 is 0 Å². The molecule has 2 rings (SSSR count). The van der Waals surface area contributed by atoms with Crippen LogP contribution in [0.1, 0.15) is 58.8 Å². The van der Waals surface area contributed by atoms with E-state index >= 15 is 0 Å². The van der Waals surface area contributed by atoms with Crippen molar-refractivity contribution in [1.29, 1.82) is 0 Å². The highest BCUT2D eigenvalue weighted by atomic mass is 16.1. The number of carbonyl (C=O) groups is 1. The van der Waals surface area contributed by atoms with E-state index < -0.39 is 0 Å². The second kappa shape index (κ2) is 5.38. The molecule has 1 saturated carbocycles. The summed E-state index contributed by atoms with van der Waals surface area (Å²) in [5, 5.41) is 6.71. The SMILES string of the molecule is CC1(C)CCCCC1NC1CCCNC(=O)C1. The number of hydrogen-bond acceptors (Lipinski definition) is 2. The van der Waals surface area contributed by atoms with Crippen LogP contribution in [0.15, 0.2) is 0 Å². The Kier molecular flexibility index (Phi) is 4.08.